The van der Waals surface area contributed by atoms with Gasteiger partial charge in [-0.1, -0.05) is 30.3 Å². The minimum Gasteiger partial charge on any atom is -0.460 e. The van der Waals surface area contributed by atoms with E-state index >= 15 is 0 Å². The van der Waals surface area contributed by atoms with E-state index in [-0.39, 0.29) is 5.56 Å². The molecule has 1 heterocycles. The van der Waals surface area contributed by atoms with Crippen LogP contribution in [-0.2, 0) is 29.5 Å². The van der Waals surface area contributed by atoms with Gasteiger partial charge in [0.1, 0.15) is 17.3 Å². The van der Waals surface area contributed by atoms with E-state index < -0.39 is 56.5 Å². The summed E-state index contributed by atoms with van der Waals surface area (Å²) in [6, 6.07) is 8.60. The third-order valence-electron chi connectivity index (χ3n) is 3.23. The molecule has 0 radical (unpaired) electrons. The molecule has 0 spiro atoms. The average Bonchev–Trinajstić information content (AvgIpc) is 2.88. The van der Waals surface area contributed by atoms with Gasteiger partial charge in [0.05, 0.1) is 4.11 Å². The highest BCUT2D eigenvalue weighted by Crippen LogP contribution is 2.34. The molecule has 0 saturated carbocycles. The van der Waals surface area contributed by atoms with E-state index in [9.17, 15) is 22.0 Å². The first kappa shape index (κ1) is 14.3. The monoisotopic (exact) mass is 384 g/mol. The second-order valence-electron chi connectivity index (χ2n) is 5.08. The third kappa shape index (κ3) is 3.67. The lowest BCUT2D eigenvalue weighted by Gasteiger charge is -2.11. The van der Waals surface area contributed by atoms with E-state index in [0.29, 0.717) is 12.1 Å². The summed E-state index contributed by atoms with van der Waals surface area (Å²) in [7, 11) is -5.17. The number of halogens is 2. The van der Waals surface area contributed by atoms with Crippen LogP contribution < -0.4 is 5.73 Å². The van der Waals surface area contributed by atoms with E-state index in [1.165, 1.54) is 30.3 Å². The summed E-state index contributed by atoms with van der Waals surface area (Å²) in [6.45, 7) is 0. The van der Waals surface area contributed by atoms with Crippen LogP contribution in [0.1, 0.15) is 21.3 Å². The van der Waals surface area contributed by atoms with Gasteiger partial charge in [-0.25, -0.2) is 8.78 Å². The first-order valence-corrected chi connectivity index (χ1v) is 8.49. The SMILES string of the molecule is [2H]C1(c2cc(F)ccc2F)OC(N)=C(OS(=O)(=O)C([2H])([2H])c2ccccc2)C1=O. The zero-order valence-corrected chi connectivity index (χ0v) is 13.7. The van der Waals surface area contributed by atoms with Gasteiger partial charge in [-0.3, -0.25) is 4.79 Å². The normalized spacial score (nSPS) is 22.4. The van der Waals surface area contributed by atoms with E-state index in [1.54, 1.807) is 0 Å². The first-order valence-electron chi connectivity index (χ1n) is 8.59. The van der Waals surface area contributed by atoms with Crippen molar-refractivity contribution in [3.05, 3.63) is 82.9 Å². The van der Waals surface area contributed by atoms with Crippen LogP contribution in [0.25, 0.3) is 0 Å². The molecule has 1 atom stereocenters. The molecule has 6 nitrogen and oxygen atoms in total. The Morgan fingerprint density at radius 3 is 2.62 bits per heavy atom. The van der Waals surface area contributed by atoms with Crippen LogP contribution in [0.5, 0.6) is 0 Å². The van der Waals surface area contributed by atoms with Crippen molar-refractivity contribution >= 4 is 15.9 Å². The molecule has 26 heavy (non-hydrogen) atoms. The van der Waals surface area contributed by atoms with Gasteiger partial charge in [0, 0.05) is 5.56 Å². The Hall–Kier alpha value is -2.94. The largest absolute Gasteiger partial charge is 0.460 e. The first-order chi connectivity index (χ1) is 13.4. The van der Waals surface area contributed by atoms with Crippen molar-refractivity contribution in [2.24, 2.45) is 5.73 Å². The van der Waals surface area contributed by atoms with Gasteiger partial charge in [0.25, 0.3) is 0 Å². The average molecular weight is 384 g/mol. The molecule has 2 N–H and O–H groups in total. The summed E-state index contributed by atoms with van der Waals surface area (Å²) in [5.74, 6) is -5.88. The molecule has 0 aromatic heterocycles. The van der Waals surface area contributed by atoms with Crippen molar-refractivity contribution in [2.45, 2.75) is 11.8 Å². The summed E-state index contributed by atoms with van der Waals surface area (Å²) in [4.78, 5) is 12.6. The molecule has 0 bridgehead atoms. The van der Waals surface area contributed by atoms with Crippen molar-refractivity contribution in [1.82, 2.24) is 0 Å². The van der Waals surface area contributed by atoms with E-state index in [1.807, 2.05) is 0 Å². The van der Waals surface area contributed by atoms with Crippen LogP contribution in [0.15, 0.2) is 60.2 Å². The number of carbonyl (C=O) groups is 1. The van der Waals surface area contributed by atoms with Crippen LogP contribution in [0.3, 0.4) is 0 Å². The zero-order valence-electron chi connectivity index (χ0n) is 15.9. The summed E-state index contributed by atoms with van der Waals surface area (Å²) < 4.78 is 85.7. The molecule has 0 amide bonds. The van der Waals surface area contributed by atoms with Crippen LogP contribution in [-0.4, -0.2) is 14.2 Å². The number of Topliss-reactive ketones (excluding diaryl/α,β-unsaturated/α-hetero) is 1. The Bertz CT molecular complexity index is 1130. The van der Waals surface area contributed by atoms with Gasteiger partial charge >= 0.3 is 10.1 Å². The number of ketones is 1. The summed E-state index contributed by atoms with van der Waals surface area (Å²) in [6.07, 6.45) is -2.94. The Kier molecular flexibility index (Phi) is 3.70. The third-order valence-corrected chi connectivity index (χ3v) is 4.10. The van der Waals surface area contributed by atoms with Crippen molar-refractivity contribution in [3.8, 4) is 0 Å². The minimum absolute atomic E-state index is 0.293. The Labute approximate surface area is 152 Å². The molecule has 1 aliphatic rings. The molecule has 136 valence electrons. The second kappa shape index (κ2) is 6.75. The van der Waals surface area contributed by atoms with Gasteiger partial charge in [-0.05, 0) is 23.8 Å². The predicted molar refractivity (Wildman–Crippen MR) is 86.6 cm³/mol. The molecule has 0 fully saturated rings. The van der Waals surface area contributed by atoms with Crippen LogP contribution in [0.2, 0.25) is 0 Å². The predicted octanol–water partition coefficient (Wildman–Crippen LogP) is 2.28. The summed E-state index contributed by atoms with van der Waals surface area (Å²) >= 11 is 0. The topological polar surface area (TPSA) is 95.7 Å². The zero-order chi connectivity index (χ0) is 21.6. The van der Waals surface area contributed by atoms with Crippen molar-refractivity contribution < 1.29 is 35.0 Å². The fourth-order valence-corrected chi connectivity index (χ4v) is 2.97. The maximum atomic E-state index is 14.0. The number of nitrogens with two attached hydrogens (primary N) is 1. The van der Waals surface area contributed by atoms with Crippen molar-refractivity contribution in [2.75, 3.05) is 0 Å². The minimum atomic E-state index is -5.17. The van der Waals surface area contributed by atoms with E-state index in [0.717, 1.165) is 6.07 Å². The second-order valence-corrected chi connectivity index (χ2v) is 6.36. The van der Waals surface area contributed by atoms with Gasteiger partial charge in [-0.15, -0.1) is 0 Å². The van der Waals surface area contributed by atoms with Crippen LogP contribution in [0.4, 0.5) is 8.78 Å². The van der Waals surface area contributed by atoms with Gasteiger partial charge in [0.2, 0.25) is 17.4 Å². The smallest absolute Gasteiger partial charge is 0.313 e. The maximum Gasteiger partial charge on any atom is 0.313 e. The summed E-state index contributed by atoms with van der Waals surface area (Å²) in [5, 5.41) is 0. The highest BCUT2D eigenvalue weighted by atomic mass is 32.2. The molecular weight excluding hydrogens is 368 g/mol. The molecule has 1 aliphatic heterocycles. The number of ether oxygens (including phenoxy) is 1. The molecular formula is C17H13F2NO5S. The summed E-state index contributed by atoms with van der Waals surface area (Å²) in [5.41, 5.74) is 1.20. The fraction of sp³-hybridized carbons (Fsp3) is 0.118. The molecule has 0 saturated heterocycles. The fourth-order valence-electron chi connectivity index (χ4n) is 2.13. The number of rotatable bonds is 5. The lowest BCUT2D eigenvalue weighted by atomic mass is 10.1. The highest BCUT2D eigenvalue weighted by molar-refractivity contribution is 7.86. The highest BCUT2D eigenvalue weighted by Gasteiger charge is 2.40. The maximum absolute atomic E-state index is 14.0. The Morgan fingerprint density at radius 2 is 1.92 bits per heavy atom. The molecule has 9 heteroatoms. The molecule has 3 rings (SSSR count). The van der Waals surface area contributed by atoms with Crippen LogP contribution in [0, 0.1) is 11.6 Å². The van der Waals surface area contributed by atoms with Gasteiger partial charge < -0.3 is 14.7 Å². The number of hydrogen-bond donors (Lipinski definition) is 1. The van der Waals surface area contributed by atoms with Gasteiger partial charge in [0.15, 0.2) is 6.08 Å². The Balaban J connectivity index is 1.97. The van der Waals surface area contributed by atoms with E-state index in [2.05, 4.69) is 4.18 Å². The number of hydrogen-bond acceptors (Lipinski definition) is 6. The van der Waals surface area contributed by atoms with E-state index in [4.69, 9.17) is 14.6 Å². The van der Waals surface area contributed by atoms with Crippen molar-refractivity contribution in [3.63, 3.8) is 0 Å². The van der Waals surface area contributed by atoms with Crippen LogP contribution >= 0.6 is 0 Å². The quantitative estimate of drug-likeness (QED) is 0.795. The lowest BCUT2D eigenvalue weighted by Crippen LogP contribution is -2.17. The van der Waals surface area contributed by atoms with Crippen molar-refractivity contribution in [1.29, 1.82) is 0 Å². The molecule has 2 aromatic rings. The standard InChI is InChI=1S/C17H13F2NO5S/c18-11-6-7-13(19)12(8-11)15-14(21)16(17(20)24-15)25-26(22,23)9-10-4-2-1-3-5-10/h1-8,15H,9,20H2/i9D2,15D. The lowest BCUT2D eigenvalue weighted by molar-refractivity contribution is -0.123. The molecule has 0 aliphatic carbocycles. The number of carbonyl (C=O) groups excluding carboxylic acids is 1. The van der Waals surface area contributed by atoms with Gasteiger partial charge in [-0.2, -0.15) is 8.42 Å². The Morgan fingerprint density at radius 1 is 1.23 bits per heavy atom. The number of benzene rings is 2. The molecule has 2 aromatic carbocycles. The molecule has 1 unspecified atom stereocenters.